The van der Waals surface area contributed by atoms with E-state index < -0.39 is 6.85 Å². The van der Waals surface area contributed by atoms with Gasteiger partial charge in [0.25, 0.3) is 0 Å². The van der Waals surface area contributed by atoms with Crippen LogP contribution in [0.25, 0.3) is 54.7 Å². The quantitative estimate of drug-likeness (QED) is 0.167. The number of nitrogens with zero attached hydrogens (tertiary/aromatic N) is 3. The van der Waals surface area contributed by atoms with E-state index >= 15 is 0 Å². The summed E-state index contributed by atoms with van der Waals surface area (Å²) in [7, 11) is 0. The number of fused-ring (bicyclic) bond motifs is 4. The zero-order valence-corrected chi connectivity index (χ0v) is 25.6. The molecule has 6 heteroatoms. The number of thiophene rings is 1. The second-order valence-electron chi connectivity index (χ2n) is 9.61. The van der Waals surface area contributed by atoms with E-state index in [1.807, 2.05) is 30.5 Å². The summed E-state index contributed by atoms with van der Waals surface area (Å²) < 4.78 is 29.9. The summed E-state index contributed by atoms with van der Waals surface area (Å²) in [5.41, 5.74) is 8.29. The van der Waals surface area contributed by atoms with Gasteiger partial charge in [0.05, 0.1) is 5.58 Å². The molecule has 5 heterocycles. The molecule has 0 N–H and O–H groups in total. The number of benzene rings is 2. The topological polar surface area (TPSA) is 51.8 Å². The van der Waals surface area contributed by atoms with Crippen molar-refractivity contribution in [3.8, 4) is 22.5 Å². The molecule has 0 aliphatic rings. The number of pyridine rings is 3. The molecule has 0 bridgehead atoms. The minimum Gasteiger partial charge on any atom is -0.486 e. The summed E-state index contributed by atoms with van der Waals surface area (Å²) in [5.74, 6) is 0. The van der Waals surface area contributed by atoms with Gasteiger partial charge in [-0.15, -0.1) is 64.9 Å². The molecular formula is C34H27IrN3OS-2. The van der Waals surface area contributed by atoms with Gasteiger partial charge in [-0.05, 0) is 68.5 Å². The Morgan fingerprint density at radius 2 is 1.75 bits per heavy atom. The molecule has 2 aromatic carbocycles. The van der Waals surface area contributed by atoms with Crippen LogP contribution >= 0.6 is 11.3 Å². The van der Waals surface area contributed by atoms with Crippen LogP contribution in [0.15, 0.2) is 77.5 Å². The van der Waals surface area contributed by atoms with Crippen molar-refractivity contribution < 1.29 is 28.6 Å². The fourth-order valence-corrected chi connectivity index (χ4v) is 5.44. The van der Waals surface area contributed by atoms with Crippen molar-refractivity contribution >= 4 is 43.5 Å². The molecule has 5 aromatic heterocycles. The number of furan rings is 1. The Morgan fingerprint density at radius 3 is 2.52 bits per heavy atom. The molecule has 0 atom stereocenters. The Balaban J connectivity index is 0.000000197. The summed E-state index contributed by atoms with van der Waals surface area (Å²) in [4.78, 5) is 14.4. The van der Waals surface area contributed by atoms with E-state index in [4.69, 9.17) is 8.53 Å². The van der Waals surface area contributed by atoms with Crippen LogP contribution in [-0.4, -0.2) is 15.0 Å². The van der Waals surface area contributed by atoms with Crippen molar-refractivity contribution in [1.82, 2.24) is 15.0 Å². The average Bonchev–Trinajstić information content (AvgIpc) is 3.54. The summed E-state index contributed by atoms with van der Waals surface area (Å²) in [5, 5.41) is 2.70. The minimum atomic E-state index is -2.27. The maximum absolute atomic E-state index is 7.57. The zero-order valence-electron chi connectivity index (χ0n) is 25.4. The molecular weight excluding hydrogens is 691 g/mol. The maximum Gasteiger partial charge on any atom is 0.216 e. The summed E-state index contributed by atoms with van der Waals surface area (Å²) in [6.07, 6.45) is 3.70. The van der Waals surface area contributed by atoms with Gasteiger partial charge >= 0.3 is 0 Å². The molecule has 0 amide bonds. The molecule has 0 aliphatic carbocycles. The number of rotatable bonds is 2. The Morgan fingerprint density at radius 1 is 0.875 bits per heavy atom. The second-order valence-corrected chi connectivity index (χ2v) is 10.9. The largest absolute Gasteiger partial charge is 0.486 e. The van der Waals surface area contributed by atoms with Crippen LogP contribution in [0.4, 0.5) is 0 Å². The Bertz CT molecular complexity index is 2080. The molecule has 40 heavy (non-hydrogen) atoms. The van der Waals surface area contributed by atoms with Crippen molar-refractivity contribution in [2.24, 2.45) is 0 Å². The normalized spacial score (nSPS) is 12.3. The van der Waals surface area contributed by atoms with E-state index in [0.29, 0.717) is 11.3 Å². The van der Waals surface area contributed by atoms with Gasteiger partial charge in [-0.1, -0.05) is 29.5 Å². The molecule has 1 radical (unpaired) electrons. The molecule has 0 spiro atoms. The monoisotopic (exact) mass is 721 g/mol. The number of aromatic nitrogens is 3. The molecule has 0 saturated carbocycles. The van der Waals surface area contributed by atoms with Gasteiger partial charge in [0, 0.05) is 63.0 Å². The van der Waals surface area contributed by atoms with E-state index in [1.165, 1.54) is 27.6 Å². The van der Waals surface area contributed by atoms with E-state index in [9.17, 15) is 0 Å². The van der Waals surface area contributed by atoms with Crippen LogP contribution in [0.3, 0.4) is 0 Å². The first-order chi connectivity index (χ1) is 20.1. The van der Waals surface area contributed by atoms with Crippen LogP contribution in [0.2, 0.25) is 0 Å². The fourth-order valence-electron chi connectivity index (χ4n) is 4.52. The average molecular weight is 721 g/mol. The SMILES string of the molecule is Cc1c[c-]c(-c2cc(C)c(C)cn2)cc1.[2H]C([2H])([2H])c1ccc2c(n1)oc1c(-c3nccc4sc(C)cc34)[c-]ccc12.[Ir]. The standard InChI is InChI=1S/C20H13N2OS.C14H14N.Ir/c1-11-6-7-14-13-4-3-5-15(19(13)23-20(14)22-11)18-16-10-12(2)24-17(16)8-9-21-18;1-10-4-6-13(7-5-10)14-8-11(2)12(3)9-15-14;/h3-4,6-10H,1-2H3;4-6,8-9H,1-3H3;/q2*-1;/i1D3;;. The summed E-state index contributed by atoms with van der Waals surface area (Å²) >= 11 is 1.72. The predicted molar refractivity (Wildman–Crippen MR) is 161 cm³/mol. The molecule has 201 valence electrons. The fraction of sp³-hybridized carbons (Fsp3) is 0.147. The number of hydrogen-bond donors (Lipinski definition) is 0. The molecule has 7 aromatic rings. The summed E-state index contributed by atoms with van der Waals surface area (Å²) in [6.45, 7) is 6.04. The first kappa shape index (κ1) is 24.1. The molecule has 0 saturated heterocycles. The Hall–Kier alpha value is -3.70. The van der Waals surface area contributed by atoms with Crippen molar-refractivity contribution in [3.63, 3.8) is 0 Å². The molecule has 0 unspecified atom stereocenters. The first-order valence-corrected chi connectivity index (χ1v) is 13.4. The predicted octanol–water partition coefficient (Wildman–Crippen LogP) is 9.15. The van der Waals surface area contributed by atoms with Crippen LogP contribution in [-0.2, 0) is 20.1 Å². The smallest absolute Gasteiger partial charge is 0.216 e. The van der Waals surface area contributed by atoms with E-state index in [1.54, 1.807) is 23.6 Å². The van der Waals surface area contributed by atoms with Crippen molar-refractivity contribution in [2.45, 2.75) is 34.5 Å². The van der Waals surface area contributed by atoms with Gasteiger partial charge in [0.15, 0.2) is 0 Å². The minimum absolute atomic E-state index is 0. The molecule has 0 aliphatic heterocycles. The third-order valence-electron chi connectivity index (χ3n) is 6.72. The second kappa shape index (κ2) is 11.4. The number of hydrogen-bond acceptors (Lipinski definition) is 5. The van der Waals surface area contributed by atoms with E-state index in [2.05, 4.69) is 79.0 Å². The van der Waals surface area contributed by atoms with Crippen LogP contribution in [0, 0.1) is 46.7 Å². The van der Waals surface area contributed by atoms with E-state index in [0.717, 1.165) is 43.4 Å². The number of aryl methyl sites for hydroxylation is 5. The molecule has 7 rings (SSSR count). The van der Waals surface area contributed by atoms with Crippen LogP contribution in [0.1, 0.15) is 31.4 Å². The van der Waals surface area contributed by atoms with Gasteiger partial charge in [0.1, 0.15) is 0 Å². The third-order valence-corrected chi connectivity index (χ3v) is 7.74. The summed E-state index contributed by atoms with van der Waals surface area (Å²) in [6, 6.07) is 25.9. The van der Waals surface area contributed by atoms with E-state index in [-0.39, 0.29) is 25.8 Å². The van der Waals surface area contributed by atoms with Gasteiger partial charge in [0.2, 0.25) is 5.71 Å². The van der Waals surface area contributed by atoms with Gasteiger partial charge in [-0.25, -0.2) is 4.98 Å². The maximum atomic E-state index is 7.57. The van der Waals surface area contributed by atoms with Gasteiger partial charge < -0.3 is 14.4 Å². The van der Waals surface area contributed by atoms with Crippen molar-refractivity contribution in [3.05, 3.63) is 112 Å². The molecule has 0 fully saturated rings. The van der Waals surface area contributed by atoms with Crippen molar-refractivity contribution in [2.75, 3.05) is 0 Å². The Kier molecular flexibility index (Phi) is 6.89. The first-order valence-electron chi connectivity index (χ1n) is 14.1. The zero-order chi connectivity index (χ0) is 29.6. The van der Waals surface area contributed by atoms with Crippen molar-refractivity contribution in [1.29, 1.82) is 0 Å². The van der Waals surface area contributed by atoms with Crippen LogP contribution in [0.5, 0.6) is 0 Å². The Labute approximate surface area is 255 Å². The van der Waals surface area contributed by atoms with Gasteiger partial charge in [-0.3, -0.25) is 0 Å². The van der Waals surface area contributed by atoms with Crippen LogP contribution < -0.4 is 0 Å². The molecule has 4 nitrogen and oxygen atoms in total. The third kappa shape index (κ3) is 5.35. The van der Waals surface area contributed by atoms with Gasteiger partial charge in [-0.2, -0.15) is 0 Å².